The number of ether oxygens (including phenoxy) is 1. The van der Waals surface area contributed by atoms with Gasteiger partial charge in [-0.05, 0) is 34.7 Å². The van der Waals surface area contributed by atoms with E-state index in [0.717, 1.165) is 87.2 Å². The molecule has 0 aliphatic rings. The number of imidazole rings is 1. The molecule has 0 saturated heterocycles. The zero-order valence-corrected chi connectivity index (χ0v) is 37.7. The van der Waals surface area contributed by atoms with E-state index in [-0.39, 0.29) is 5.41 Å². The minimum atomic E-state index is -0.0156. The maximum atomic E-state index is 6.71. The van der Waals surface area contributed by atoms with Gasteiger partial charge in [-0.15, -0.1) is 0 Å². The molecule has 0 spiro atoms. The predicted molar refractivity (Wildman–Crippen MR) is 255 cm³/mol. The van der Waals surface area contributed by atoms with E-state index in [4.69, 9.17) is 9.72 Å². The van der Waals surface area contributed by atoms with Gasteiger partial charge in [0.25, 0.3) is 0 Å². The molecule has 6 nitrogen and oxygen atoms in total. The number of hydrogen-bond acceptors (Lipinski definition) is 3. The Morgan fingerprint density at radius 2 is 1.17 bits per heavy atom. The fraction of sp³-hybridized carbons (Fsp3) is 0.0702. The molecule has 7 heteroatoms. The summed E-state index contributed by atoms with van der Waals surface area (Å²) in [5.74, 6) is 1.97. The minimum absolute atomic E-state index is 0.0156. The van der Waals surface area contributed by atoms with E-state index >= 15 is 0 Å². The van der Waals surface area contributed by atoms with Crippen LogP contribution in [0.5, 0.6) is 11.5 Å². The summed E-state index contributed by atoms with van der Waals surface area (Å²) in [6.45, 7) is 6.74. The molecule has 7 aromatic carbocycles. The van der Waals surface area contributed by atoms with Crippen molar-refractivity contribution in [1.82, 2.24) is 23.7 Å². The molecule has 0 bridgehead atoms. The molecule has 0 fully saturated rings. The van der Waals surface area contributed by atoms with E-state index in [1.807, 2.05) is 36.5 Å². The average molecular weight is 1010 g/mol. The molecule has 0 N–H and O–H groups in total. The van der Waals surface area contributed by atoms with Crippen LogP contribution in [-0.2, 0) is 24.8 Å². The topological polar surface area (TPSA) is 49.8 Å². The first-order valence-corrected chi connectivity index (χ1v) is 22.4. The Kier molecular flexibility index (Phi) is 9.90. The molecule has 4 aromatic heterocycles. The quantitative estimate of drug-likeness (QED) is 0.143. The summed E-state index contributed by atoms with van der Waals surface area (Å²) in [7, 11) is 0. The second-order valence-electron chi connectivity index (χ2n) is 16.9. The maximum absolute atomic E-state index is 6.71. The standard InChI is InChI=1S/C57H41N5O.Pt/c1-57(2,3)43-25-28-51-50(34-43)49-27-26-46(36-54(49)62(51)55-29-24-42(37-59-55)39-30-32-58-33-31-39)63-45-19-12-18-44(35-45)60-38-61(53-23-11-10-22-52(53)60)56-47(40-14-6-4-7-15-40)20-13-21-48(56)41-16-8-5-9-17-41;/h4-34,37H,1-3H3;/q-2;. The van der Waals surface area contributed by atoms with E-state index < -0.39 is 0 Å². The van der Waals surface area contributed by atoms with Crippen molar-refractivity contribution in [1.29, 1.82) is 0 Å². The van der Waals surface area contributed by atoms with Gasteiger partial charge in [0.05, 0.1) is 0 Å². The number of nitrogens with zero attached hydrogens (tertiary/aromatic N) is 5. The summed E-state index contributed by atoms with van der Waals surface area (Å²) in [4.78, 5) is 9.19. The van der Waals surface area contributed by atoms with Gasteiger partial charge in [-0.1, -0.05) is 26.8 Å². The molecule has 0 radical (unpaired) electrons. The first-order chi connectivity index (χ1) is 31.3. The van der Waals surface area contributed by atoms with E-state index in [9.17, 15) is 0 Å². The van der Waals surface area contributed by atoms with Crippen LogP contribution in [0.2, 0.25) is 0 Å². The third-order valence-corrected chi connectivity index (χ3v) is 12.9. The van der Waals surface area contributed by atoms with Crippen molar-refractivity contribution in [2.45, 2.75) is 26.2 Å². The number of aromatic nitrogens is 5. The Morgan fingerprint density at radius 1 is 0.516 bits per heavy atom. The Labute approximate surface area is 382 Å². The molecule has 312 valence electrons. The van der Waals surface area contributed by atoms with Gasteiger partial charge in [-0.25, -0.2) is 0 Å². The molecule has 0 unspecified atom stereocenters. The summed E-state index contributed by atoms with van der Waals surface area (Å²) in [6, 6.07) is 68.9. The summed E-state index contributed by atoms with van der Waals surface area (Å²) in [6.07, 6.45) is 5.53. The number of fused-ring (bicyclic) bond motifs is 4. The third-order valence-electron chi connectivity index (χ3n) is 11.9. The van der Waals surface area contributed by atoms with Gasteiger partial charge in [0.1, 0.15) is 0 Å². The Balaban J connectivity index is 1.03. The number of hydrogen-bond donors (Lipinski definition) is 0. The second-order valence-corrected chi connectivity index (χ2v) is 17.9. The van der Waals surface area contributed by atoms with Crippen LogP contribution in [0.1, 0.15) is 26.3 Å². The van der Waals surface area contributed by atoms with Crippen LogP contribution < -0.4 is 4.74 Å². The van der Waals surface area contributed by atoms with Crippen molar-refractivity contribution in [3.8, 4) is 62.1 Å². The molecule has 0 amide bonds. The van der Waals surface area contributed by atoms with E-state index in [1.54, 1.807) is 12.4 Å². The smallest absolute Gasteiger partial charge is 0.265 e. The zero-order chi connectivity index (χ0) is 43.4. The van der Waals surface area contributed by atoms with Gasteiger partial charge in [0.15, 0.2) is 0 Å². The van der Waals surface area contributed by atoms with Crippen molar-refractivity contribution >= 4 is 32.8 Å². The van der Waals surface area contributed by atoms with Crippen LogP contribution in [0.25, 0.3) is 83.4 Å². The van der Waals surface area contributed by atoms with Gasteiger partial charge in [0, 0.05) is 24.2 Å². The Hall–Kier alpha value is -7.40. The van der Waals surface area contributed by atoms with Crippen molar-refractivity contribution in [3.05, 3.63) is 216 Å². The molecular formula is C57H41N5OPt-2. The summed E-state index contributed by atoms with van der Waals surface area (Å²) >= 11 is 2.47. The summed E-state index contributed by atoms with van der Waals surface area (Å²) in [5, 5.41) is 2.22. The molecular weight excluding hydrogens is 966 g/mol. The van der Waals surface area contributed by atoms with Crippen LogP contribution in [0.3, 0.4) is 0 Å². The second kappa shape index (κ2) is 16.1. The third kappa shape index (κ3) is 7.01. The average Bonchev–Trinajstić information content (AvgIpc) is 3.82. The molecule has 0 aliphatic carbocycles. The molecule has 11 rings (SSSR count). The van der Waals surface area contributed by atoms with Crippen molar-refractivity contribution in [2.24, 2.45) is 0 Å². The number of pyridine rings is 2. The molecule has 4 heterocycles. The van der Waals surface area contributed by atoms with Crippen molar-refractivity contribution in [3.63, 3.8) is 0 Å². The fourth-order valence-electron chi connectivity index (χ4n) is 8.71. The molecule has 0 aliphatic heterocycles. The van der Waals surface area contributed by atoms with Gasteiger partial charge < -0.3 is 0 Å². The summed E-state index contributed by atoms with van der Waals surface area (Å²) in [5.41, 5.74) is 14.0. The number of benzene rings is 7. The molecule has 64 heavy (non-hydrogen) atoms. The van der Waals surface area contributed by atoms with Gasteiger partial charge in [-0.2, -0.15) is 0 Å². The first kappa shape index (κ1) is 39.4. The fourth-order valence-corrected chi connectivity index (χ4v) is 9.78. The van der Waals surface area contributed by atoms with Crippen molar-refractivity contribution < 1.29 is 24.1 Å². The van der Waals surface area contributed by atoms with Crippen LogP contribution >= 0.6 is 0 Å². The Bertz CT molecular complexity index is 3510. The van der Waals surface area contributed by atoms with Crippen LogP contribution in [0, 0.1) is 15.9 Å². The SMILES string of the molecule is CC(C)(C)c1ccc2c(c1)c1ccc(Oc3[c-]c(-n4[c](=[Pt])n(-c5c(-c6ccccc6)cccc5-c5ccccc5)c5ccccc54)ccc3)[c-]c1n2-c1ccc(-c2ccncc2)cn1. The van der Waals surface area contributed by atoms with E-state index in [2.05, 4.69) is 217 Å². The zero-order valence-electron chi connectivity index (χ0n) is 35.4. The minimum Gasteiger partial charge on any atom is -0.265 e. The van der Waals surface area contributed by atoms with E-state index in [0.29, 0.717) is 11.5 Å². The normalized spacial score (nSPS) is 11.8. The van der Waals surface area contributed by atoms with Gasteiger partial charge >= 0.3 is 294 Å². The first-order valence-electron chi connectivity index (χ1n) is 21.3. The number of rotatable bonds is 8. The number of para-hydroxylation sites is 3. The molecule has 11 aromatic rings. The molecule has 0 atom stereocenters. The molecule has 0 saturated carbocycles. The van der Waals surface area contributed by atoms with Gasteiger partial charge in [-0.3, -0.25) is 4.98 Å². The van der Waals surface area contributed by atoms with Crippen LogP contribution in [0.15, 0.2) is 195 Å². The predicted octanol–water partition coefficient (Wildman–Crippen LogP) is 14.1. The summed E-state index contributed by atoms with van der Waals surface area (Å²) < 4.78 is 14.5. The van der Waals surface area contributed by atoms with Crippen LogP contribution in [-0.4, -0.2) is 23.7 Å². The van der Waals surface area contributed by atoms with Crippen LogP contribution in [0.4, 0.5) is 0 Å². The van der Waals surface area contributed by atoms with E-state index in [1.165, 1.54) is 5.56 Å². The van der Waals surface area contributed by atoms with Crippen molar-refractivity contribution in [2.75, 3.05) is 0 Å². The monoisotopic (exact) mass is 1010 g/mol. The Morgan fingerprint density at radius 3 is 1.84 bits per heavy atom. The van der Waals surface area contributed by atoms with Gasteiger partial charge in [0.2, 0.25) is 0 Å².